The maximum absolute atomic E-state index is 6.75. The average molecular weight is 225 g/mol. The minimum Gasteiger partial charge on any atom is -0.318 e. The van der Waals surface area contributed by atoms with E-state index in [0.717, 1.165) is 12.8 Å². The summed E-state index contributed by atoms with van der Waals surface area (Å²) in [5, 5.41) is 0. The van der Waals surface area contributed by atoms with Crippen LogP contribution in [0.4, 0.5) is 0 Å². The van der Waals surface area contributed by atoms with Gasteiger partial charge in [0.25, 0.3) is 0 Å². The molecule has 0 amide bonds. The lowest BCUT2D eigenvalue weighted by molar-refractivity contribution is 0.415. The fourth-order valence-electron chi connectivity index (χ4n) is 3.63. The van der Waals surface area contributed by atoms with Crippen molar-refractivity contribution in [3.63, 3.8) is 0 Å². The van der Waals surface area contributed by atoms with Crippen LogP contribution in [-0.2, 0) is 12.0 Å². The van der Waals surface area contributed by atoms with Crippen LogP contribution in [0.25, 0.3) is 0 Å². The fourth-order valence-corrected chi connectivity index (χ4v) is 3.63. The number of hydrogen-bond acceptors (Lipinski definition) is 1. The molecule has 1 heteroatoms. The van der Waals surface area contributed by atoms with Crippen LogP contribution in [-0.4, -0.2) is 0 Å². The van der Waals surface area contributed by atoms with Crippen LogP contribution in [0.3, 0.4) is 0 Å². The first kappa shape index (κ1) is 10.8. The quantitative estimate of drug-likeness (QED) is 0.673. The van der Waals surface area contributed by atoms with E-state index < -0.39 is 0 Å². The van der Waals surface area contributed by atoms with E-state index >= 15 is 0 Å². The zero-order chi connectivity index (χ0) is 12.0. The second-order valence-corrected chi connectivity index (χ2v) is 5.37. The highest BCUT2D eigenvalue weighted by Gasteiger charge is 2.42. The lowest BCUT2D eigenvalue weighted by atomic mass is 9.62. The minimum atomic E-state index is -0.257. The van der Waals surface area contributed by atoms with Gasteiger partial charge >= 0.3 is 0 Å². The van der Waals surface area contributed by atoms with Gasteiger partial charge in [-0.15, -0.1) is 0 Å². The van der Waals surface area contributed by atoms with Gasteiger partial charge in [-0.1, -0.05) is 42.0 Å². The van der Waals surface area contributed by atoms with Gasteiger partial charge < -0.3 is 5.73 Å². The number of benzene rings is 1. The molecule has 0 unspecified atom stereocenters. The summed E-state index contributed by atoms with van der Waals surface area (Å²) in [4.78, 5) is 0. The predicted octanol–water partition coefficient (Wildman–Crippen LogP) is 3.31. The van der Waals surface area contributed by atoms with E-state index in [1.165, 1.54) is 22.3 Å². The van der Waals surface area contributed by atoms with Crippen molar-refractivity contribution in [2.24, 2.45) is 11.7 Å². The number of allylic oxidation sites excluding steroid dienone is 2. The lowest BCUT2D eigenvalue weighted by Crippen LogP contribution is -2.47. The SMILES string of the molecule is C/C=C1\[C@H]2C=C(C)C[C@]1(N)c1ccccc1C2. The summed E-state index contributed by atoms with van der Waals surface area (Å²) in [7, 11) is 0. The van der Waals surface area contributed by atoms with Crippen molar-refractivity contribution in [3.8, 4) is 0 Å². The fraction of sp³-hybridized carbons (Fsp3) is 0.375. The van der Waals surface area contributed by atoms with E-state index in [-0.39, 0.29) is 5.54 Å². The normalized spacial score (nSPS) is 33.2. The van der Waals surface area contributed by atoms with E-state index in [1.54, 1.807) is 0 Å². The maximum atomic E-state index is 6.75. The van der Waals surface area contributed by atoms with E-state index in [4.69, 9.17) is 5.73 Å². The molecule has 2 aliphatic rings. The lowest BCUT2D eigenvalue weighted by Gasteiger charge is -2.45. The number of hydrogen-bond donors (Lipinski definition) is 1. The molecule has 1 aromatic rings. The van der Waals surface area contributed by atoms with Crippen LogP contribution in [0.15, 0.2) is 47.6 Å². The van der Waals surface area contributed by atoms with Gasteiger partial charge in [-0.05, 0) is 43.4 Å². The molecule has 0 aliphatic heterocycles. The summed E-state index contributed by atoms with van der Waals surface area (Å²) in [5.41, 5.74) is 12.1. The molecule has 1 nitrogen and oxygen atoms in total. The molecule has 2 atom stereocenters. The Hall–Kier alpha value is -1.34. The zero-order valence-electron chi connectivity index (χ0n) is 10.5. The van der Waals surface area contributed by atoms with Gasteiger partial charge in [0.15, 0.2) is 0 Å². The summed E-state index contributed by atoms with van der Waals surface area (Å²) >= 11 is 0. The first-order valence-electron chi connectivity index (χ1n) is 6.36. The summed E-state index contributed by atoms with van der Waals surface area (Å²) in [5.74, 6) is 0.508. The monoisotopic (exact) mass is 225 g/mol. The minimum absolute atomic E-state index is 0.257. The molecule has 17 heavy (non-hydrogen) atoms. The summed E-state index contributed by atoms with van der Waals surface area (Å²) in [6.07, 6.45) is 6.69. The van der Waals surface area contributed by atoms with Crippen LogP contribution in [0, 0.1) is 5.92 Å². The number of nitrogens with two attached hydrogens (primary N) is 1. The third-order valence-corrected chi connectivity index (χ3v) is 4.21. The Morgan fingerprint density at radius 1 is 1.35 bits per heavy atom. The first-order valence-corrected chi connectivity index (χ1v) is 6.36. The molecule has 1 aromatic carbocycles. The van der Waals surface area contributed by atoms with Gasteiger partial charge in [-0.2, -0.15) is 0 Å². The Morgan fingerprint density at radius 3 is 2.88 bits per heavy atom. The third kappa shape index (κ3) is 1.42. The van der Waals surface area contributed by atoms with Crippen molar-refractivity contribution in [2.45, 2.75) is 32.2 Å². The summed E-state index contributed by atoms with van der Waals surface area (Å²) in [6.45, 7) is 4.32. The highest BCUT2D eigenvalue weighted by molar-refractivity contribution is 5.50. The number of fused-ring (bicyclic) bond motifs is 4. The Bertz CT molecular complexity index is 524. The predicted molar refractivity (Wildman–Crippen MR) is 71.6 cm³/mol. The molecule has 2 aliphatic carbocycles. The second kappa shape index (κ2) is 3.58. The molecular formula is C16H19N. The van der Waals surface area contributed by atoms with Crippen molar-refractivity contribution in [2.75, 3.05) is 0 Å². The third-order valence-electron chi connectivity index (χ3n) is 4.21. The molecule has 0 aromatic heterocycles. The van der Waals surface area contributed by atoms with Crippen LogP contribution >= 0.6 is 0 Å². The topological polar surface area (TPSA) is 26.0 Å². The highest BCUT2D eigenvalue weighted by atomic mass is 14.8. The molecule has 0 heterocycles. The van der Waals surface area contributed by atoms with Crippen molar-refractivity contribution in [1.82, 2.24) is 0 Å². The van der Waals surface area contributed by atoms with Crippen molar-refractivity contribution in [1.29, 1.82) is 0 Å². The Labute approximate surface area is 103 Å². The largest absolute Gasteiger partial charge is 0.318 e. The van der Waals surface area contributed by atoms with Gasteiger partial charge in [0.2, 0.25) is 0 Å². The molecule has 88 valence electrons. The smallest absolute Gasteiger partial charge is 0.0671 e. The Morgan fingerprint density at radius 2 is 2.12 bits per heavy atom. The average Bonchev–Trinajstić information content (AvgIpc) is 2.28. The van der Waals surface area contributed by atoms with Crippen LogP contribution in [0.2, 0.25) is 0 Å². The number of rotatable bonds is 0. The van der Waals surface area contributed by atoms with Gasteiger partial charge in [-0.3, -0.25) is 0 Å². The van der Waals surface area contributed by atoms with Crippen molar-refractivity contribution in [3.05, 3.63) is 58.7 Å². The van der Waals surface area contributed by atoms with Gasteiger partial charge in [0.05, 0.1) is 5.54 Å². The molecule has 0 spiro atoms. The summed E-state index contributed by atoms with van der Waals surface area (Å²) in [6, 6.07) is 8.66. The van der Waals surface area contributed by atoms with Crippen molar-refractivity contribution >= 4 is 0 Å². The van der Waals surface area contributed by atoms with Crippen molar-refractivity contribution < 1.29 is 0 Å². The molecule has 0 saturated carbocycles. The van der Waals surface area contributed by atoms with Crippen LogP contribution in [0.1, 0.15) is 31.4 Å². The van der Waals surface area contributed by atoms with Gasteiger partial charge in [0, 0.05) is 5.92 Å². The van der Waals surface area contributed by atoms with Gasteiger partial charge in [0.1, 0.15) is 0 Å². The first-order chi connectivity index (χ1) is 8.15. The molecule has 0 radical (unpaired) electrons. The molecule has 2 bridgehead atoms. The highest BCUT2D eigenvalue weighted by Crippen LogP contribution is 2.48. The molecule has 3 rings (SSSR count). The molecular weight excluding hydrogens is 206 g/mol. The maximum Gasteiger partial charge on any atom is 0.0671 e. The molecule has 0 fully saturated rings. The molecule has 0 saturated heterocycles. The molecule has 2 N–H and O–H groups in total. The zero-order valence-corrected chi connectivity index (χ0v) is 10.5. The standard InChI is InChI=1S/C16H19N/c1-3-14-13-8-11(2)10-16(14,17)15-7-5-4-6-12(15)9-13/h3-8,13H,9-10,17H2,1-2H3/b14-3+/t13-,16+/m0/s1. The van der Waals surface area contributed by atoms with E-state index in [9.17, 15) is 0 Å². The second-order valence-electron chi connectivity index (χ2n) is 5.37. The van der Waals surface area contributed by atoms with E-state index in [1.807, 2.05) is 0 Å². The van der Waals surface area contributed by atoms with Crippen LogP contribution in [0.5, 0.6) is 0 Å². The van der Waals surface area contributed by atoms with Gasteiger partial charge in [-0.25, -0.2) is 0 Å². The van der Waals surface area contributed by atoms with E-state index in [2.05, 4.69) is 50.3 Å². The Balaban J connectivity index is 2.26. The van der Waals surface area contributed by atoms with E-state index in [0.29, 0.717) is 5.92 Å². The van der Waals surface area contributed by atoms with Crippen LogP contribution < -0.4 is 5.73 Å². The summed E-state index contributed by atoms with van der Waals surface area (Å²) < 4.78 is 0. The Kier molecular flexibility index (Phi) is 2.27.